The Morgan fingerprint density at radius 1 is 1.35 bits per heavy atom. The van der Waals surface area contributed by atoms with E-state index in [0.29, 0.717) is 11.6 Å². The van der Waals surface area contributed by atoms with Crippen molar-refractivity contribution in [3.63, 3.8) is 0 Å². The first-order valence-corrected chi connectivity index (χ1v) is 8.12. The Balaban J connectivity index is 2.92. The summed E-state index contributed by atoms with van der Waals surface area (Å²) in [4.78, 5) is 2.11. The fourth-order valence-corrected chi connectivity index (χ4v) is 2.93. The fourth-order valence-electron chi connectivity index (χ4n) is 1.37. The molecule has 1 rings (SSSR count). The minimum atomic E-state index is -3.58. The lowest BCUT2D eigenvalue weighted by atomic mass is 10.1. The molecule has 0 unspecified atom stereocenters. The Kier molecular flexibility index (Phi) is 5.57. The minimum Gasteiger partial charge on any atom is -0.326 e. The van der Waals surface area contributed by atoms with Crippen LogP contribution in [0.5, 0.6) is 0 Å². The number of rotatable bonds is 6. The highest BCUT2D eigenvalue weighted by atomic mass is 35.5. The summed E-state index contributed by atoms with van der Waals surface area (Å²) in [5.74, 6) is 0. The molecule has 0 bridgehead atoms. The second-order valence-corrected chi connectivity index (χ2v) is 7.66. The number of benzene rings is 1. The van der Waals surface area contributed by atoms with E-state index < -0.39 is 10.0 Å². The van der Waals surface area contributed by atoms with E-state index in [1.807, 2.05) is 32.8 Å². The molecule has 114 valence electrons. The van der Waals surface area contributed by atoms with Crippen LogP contribution in [0.15, 0.2) is 23.1 Å². The van der Waals surface area contributed by atoms with Crippen molar-refractivity contribution < 1.29 is 8.42 Å². The zero-order chi connectivity index (χ0) is 15.6. The van der Waals surface area contributed by atoms with Gasteiger partial charge in [0.05, 0.1) is 4.90 Å². The van der Waals surface area contributed by atoms with Gasteiger partial charge in [0.25, 0.3) is 0 Å². The van der Waals surface area contributed by atoms with Crippen LogP contribution in [0.4, 0.5) is 0 Å². The van der Waals surface area contributed by atoms with Crippen LogP contribution in [0.25, 0.3) is 0 Å². The van der Waals surface area contributed by atoms with Crippen LogP contribution in [-0.2, 0) is 16.6 Å². The fraction of sp³-hybridized carbons (Fsp3) is 0.538. The van der Waals surface area contributed by atoms with Gasteiger partial charge < -0.3 is 10.6 Å². The van der Waals surface area contributed by atoms with Gasteiger partial charge in [-0.25, -0.2) is 13.1 Å². The third-order valence-electron chi connectivity index (χ3n) is 3.46. The van der Waals surface area contributed by atoms with Gasteiger partial charge in [0.1, 0.15) is 0 Å². The maximum Gasteiger partial charge on any atom is 0.240 e. The summed E-state index contributed by atoms with van der Waals surface area (Å²) in [5.41, 5.74) is 5.94. The Morgan fingerprint density at radius 2 is 1.95 bits per heavy atom. The van der Waals surface area contributed by atoms with Gasteiger partial charge in [-0.15, -0.1) is 0 Å². The topological polar surface area (TPSA) is 75.4 Å². The second-order valence-electron chi connectivity index (χ2n) is 5.49. The molecule has 0 aromatic heterocycles. The van der Waals surface area contributed by atoms with Gasteiger partial charge in [-0.2, -0.15) is 0 Å². The van der Waals surface area contributed by atoms with E-state index in [1.165, 1.54) is 12.1 Å². The molecule has 0 saturated carbocycles. The maximum absolute atomic E-state index is 12.2. The first-order chi connectivity index (χ1) is 9.10. The molecule has 0 fully saturated rings. The Morgan fingerprint density at radius 3 is 2.40 bits per heavy atom. The molecule has 0 saturated heterocycles. The number of hydrogen-bond donors (Lipinski definition) is 2. The Bertz CT molecular complexity index is 571. The van der Waals surface area contributed by atoms with Crippen LogP contribution in [0.1, 0.15) is 19.4 Å². The Labute approximate surface area is 126 Å². The lowest BCUT2D eigenvalue weighted by Gasteiger charge is -2.32. The minimum absolute atomic E-state index is 0.147. The number of nitrogens with two attached hydrogens (primary N) is 1. The lowest BCUT2D eigenvalue weighted by Crippen LogP contribution is -2.48. The molecule has 0 amide bonds. The van der Waals surface area contributed by atoms with Crippen molar-refractivity contribution >= 4 is 21.6 Å². The molecule has 0 radical (unpaired) electrons. The van der Waals surface area contributed by atoms with E-state index in [1.54, 1.807) is 6.07 Å². The second kappa shape index (κ2) is 6.41. The van der Waals surface area contributed by atoms with Crippen LogP contribution in [0.3, 0.4) is 0 Å². The van der Waals surface area contributed by atoms with E-state index in [0.717, 1.165) is 5.56 Å². The first kappa shape index (κ1) is 17.4. The predicted molar refractivity (Wildman–Crippen MR) is 82.3 cm³/mol. The van der Waals surface area contributed by atoms with Gasteiger partial charge in [0, 0.05) is 23.7 Å². The van der Waals surface area contributed by atoms with Crippen molar-refractivity contribution in [3.8, 4) is 0 Å². The summed E-state index contributed by atoms with van der Waals surface area (Å²) in [7, 11) is 0.232. The summed E-state index contributed by atoms with van der Waals surface area (Å²) in [6.07, 6.45) is 0. The zero-order valence-electron chi connectivity index (χ0n) is 12.3. The van der Waals surface area contributed by atoms with Crippen LogP contribution >= 0.6 is 11.6 Å². The summed E-state index contributed by atoms with van der Waals surface area (Å²) in [6, 6.07) is 4.57. The molecule has 5 nitrogen and oxygen atoms in total. The third kappa shape index (κ3) is 4.17. The van der Waals surface area contributed by atoms with Gasteiger partial charge in [0.15, 0.2) is 0 Å². The van der Waals surface area contributed by atoms with Crippen molar-refractivity contribution in [2.45, 2.75) is 30.8 Å². The number of nitrogens with one attached hydrogen (secondary N) is 1. The van der Waals surface area contributed by atoms with E-state index in [9.17, 15) is 8.42 Å². The molecule has 0 spiro atoms. The monoisotopic (exact) mass is 319 g/mol. The maximum atomic E-state index is 12.2. The van der Waals surface area contributed by atoms with Crippen molar-refractivity contribution in [2.75, 3.05) is 20.6 Å². The van der Waals surface area contributed by atoms with Crippen molar-refractivity contribution in [1.29, 1.82) is 0 Å². The van der Waals surface area contributed by atoms with Crippen molar-refractivity contribution in [1.82, 2.24) is 9.62 Å². The molecule has 0 atom stereocenters. The van der Waals surface area contributed by atoms with E-state index in [4.69, 9.17) is 17.3 Å². The SMILES string of the molecule is CN(C)C(C)(C)CNS(=O)(=O)c1ccc(CN)c(Cl)c1. The van der Waals surface area contributed by atoms with Gasteiger partial charge >= 0.3 is 0 Å². The van der Waals surface area contributed by atoms with Gasteiger partial charge in [-0.1, -0.05) is 17.7 Å². The zero-order valence-corrected chi connectivity index (χ0v) is 13.8. The molecule has 0 aliphatic rings. The van der Waals surface area contributed by atoms with Gasteiger partial charge in [0.2, 0.25) is 10.0 Å². The number of halogens is 1. The highest BCUT2D eigenvalue weighted by molar-refractivity contribution is 7.89. The third-order valence-corrected chi connectivity index (χ3v) is 5.21. The van der Waals surface area contributed by atoms with E-state index in [2.05, 4.69) is 4.72 Å². The molecule has 3 N–H and O–H groups in total. The molecular weight excluding hydrogens is 298 g/mol. The standard InChI is InChI=1S/C13H22ClN3O2S/c1-13(2,17(3)4)9-16-20(18,19)11-6-5-10(8-15)12(14)7-11/h5-7,16H,8-9,15H2,1-4H3. The van der Waals surface area contributed by atoms with E-state index in [-0.39, 0.29) is 17.0 Å². The highest BCUT2D eigenvalue weighted by Gasteiger charge is 2.24. The summed E-state index contributed by atoms with van der Waals surface area (Å²) >= 11 is 6.00. The molecule has 0 heterocycles. The average molecular weight is 320 g/mol. The number of nitrogens with zero attached hydrogens (tertiary/aromatic N) is 1. The lowest BCUT2D eigenvalue weighted by molar-refractivity contribution is 0.199. The quantitative estimate of drug-likeness (QED) is 0.831. The average Bonchev–Trinajstić information content (AvgIpc) is 2.36. The van der Waals surface area contributed by atoms with E-state index >= 15 is 0 Å². The molecular formula is C13H22ClN3O2S. The summed E-state index contributed by atoms with van der Waals surface area (Å²) < 4.78 is 27.1. The highest BCUT2D eigenvalue weighted by Crippen LogP contribution is 2.21. The van der Waals surface area contributed by atoms with Gasteiger partial charge in [-0.05, 0) is 45.6 Å². The number of likely N-dealkylation sites (N-methyl/N-ethyl adjacent to an activating group) is 1. The predicted octanol–water partition coefficient (Wildman–Crippen LogP) is 1.42. The van der Waals surface area contributed by atoms with Crippen LogP contribution in [-0.4, -0.2) is 39.5 Å². The molecule has 0 aliphatic carbocycles. The van der Waals surface area contributed by atoms with Crippen LogP contribution in [0, 0.1) is 0 Å². The molecule has 0 aliphatic heterocycles. The molecule has 20 heavy (non-hydrogen) atoms. The summed E-state index contributed by atoms with van der Waals surface area (Å²) in [5, 5.41) is 0.363. The molecule has 1 aromatic rings. The number of sulfonamides is 1. The Hall–Kier alpha value is -0.660. The first-order valence-electron chi connectivity index (χ1n) is 6.26. The normalized spacial score (nSPS) is 12.9. The molecule has 7 heteroatoms. The smallest absolute Gasteiger partial charge is 0.240 e. The van der Waals surface area contributed by atoms with Crippen molar-refractivity contribution in [2.24, 2.45) is 5.73 Å². The summed E-state index contributed by atoms with van der Waals surface area (Å²) in [6.45, 7) is 4.50. The molecule has 1 aromatic carbocycles. The van der Waals surface area contributed by atoms with Gasteiger partial charge in [-0.3, -0.25) is 0 Å². The van der Waals surface area contributed by atoms with Crippen LogP contribution in [0.2, 0.25) is 5.02 Å². The van der Waals surface area contributed by atoms with Crippen LogP contribution < -0.4 is 10.5 Å². The largest absolute Gasteiger partial charge is 0.326 e. The van der Waals surface area contributed by atoms with Crippen molar-refractivity contribution in [3.05, 3.63) is 28.8 Å². The number of hydrogen-bond acceptors (Lipinski definition) is 4.